The number of hydrogen-bond donors (Lipinski definition) is 0. The Balaban J connectivity index is 1.68. The van der Waals surface area contributed by atoms with Crippen molar-refractivity contribution in [2.45, 2.75) is 49.6 Å². The van der Waals surface area contributed by atoms with Crippen LogP contribution in [0.3, 0.4) is 0 Å². The molecular weight excluding hydrogens is 391 g/mol. The van der Waals surface area contributed by atoms with Crippen LogP contribution in [0, 0.1) is 12.7 Å². The van der Waals surface area contributed by atoms with Gasteiger partial charge in [-0.15, -0.1) is 0 Å². The van der Waals surface area contributed by atoms with Gasteiger partial charge >= 0.3 is 0 Å². The van der Waals surface area contributed by atoms with Gasteiger partial charge < -0.3 is 4.42 Å². The minimum Gasteiger partial charge on any atom is -0.449 e. The molecule has 1 aliphatic rings. The predicted molar refractivity (Wildman–Crippen MR) is 107 cm³/mol. The first-order chi connectivity index (χ1) is 13.9. The average Bonchev–Trinajstić information content (AvgIpc) is 3.37. The fraction of sp³-hybridized carbons (Fsp3) is 0.318. The third-order valence-corrected chi connectivity index (χ3v) is 7.47. The van der Waals surface area contributed by atoms with Crippen LogP contribution in [0.15, 0.2) is 70.4 Å². The third-order valence-electron chi connectivity index (χ3n) is 5.50. The summed E-state index contributed by atoms with van der Waals surface area (Å²) in [4.78, 5) is 4.21. The Morgan fingerprint density at radius 2 is 1.83 bits per heavy atom. The van der Waals surface area contributed by atoms with Crippen LogP contribution in [0.25, 0.3) is 0 Å². The maximum Gasteiger partial charge on any atom is 0.243 e. The fourth-order valence-electron chi connectivity index (χ4n) is 4.00. The van der Waals surface area contributed by atoms with Crippen molar-refractivity contribution in [2.24, 2.45) is 0 Å². The van der Waals surface area contributed by atoms with Crippen LogP contribution in [0.5, 0.6) is 0 Å². The highest BCUT2D eigenvalue weighted by Crippen LogP contribution is 2.42. The van der Waals surface area contributed by atoms with Gasteiger partial charge in [0.2, 0.25) is 10.0 Å². The molecule has 0 saturated carbocycles. The summed E-state index contributed by atoms with van der Waals surface area (Å²) >= 11 is 0. The summed E-state index contributed by atoms with van der Waals surface area (Å²) < 4.78 is 47.5. The van der Waals surface area contributed by atoms with Crippen molar-refractivity contribution in [1.82, 2.24) is 9.29 Å². The standard InChI is InChI=1S/C22H23FN2O3S/c1-16-2-11-21(12-3-16)29(26,27)25-19(8-10-20-14-24-15-28-20)9-13-22(25)17-4-6-18(23)7-5-17/h2-7,11-12,14-15,19,22H,8-10,13H2,1H3. The van der Waals surface area contributed by atoms with Gasteiger partial charge in [0.15, 0.2) is 6.39 Å². The smallest absolute Gasteiger partial charge is 0.243 e. The second-order valence-electron chi connectivity index (χ2n) is 7.45. The Kier molecular flexibility index (Phi) is 5.52. The Bertz CT molecular complexity index is 1050. The lowest BCUT2D eigenvalue weighted by Crippen LogP contribution is -2.37. The number of benzene rings is 2. The van der Waals surface area contributed by atoms with E-state index in [2.05, 4.69) is 4.98 Å². The number of oxazole rings is 1. The second-order valence-corrected chi connectivity index (χ2v) is 9.30. The van der Waals surface area contributed by atoms with Crippen LogP contribution in [0.1, 0.15) is 42.2 Å². The molecule has 0 spiro atoms. The van der Waals surface area contributed by atoms with Crippen molar-refractivity contribution in [1.29, 1.82) is 0 Å². The van der Waals surface area contributed by atoms with Gasteiger partial charge in [0, 0.05) is 12.5 Å². The molecule has 0 radical (unpaired) electrons. The molecule has 0 aliphatic carbocycles. The largest absolute Gasteiger partial charge is 0.449 e. The van der Waals surface area contributed by atoms with E-state index in [1.165, 1.54) is 18.5 Å². The number of aryl methyl sites for hydroxylation is 2. The normalized spacial score (nSPS) is 20.2. The highest BCUT2D eigenvalue weighted by molar-refractivity contribution is 7.89. The van der Waals surface area contributed by atoms with E-state index < -0.39 is 10.0 Å². The number of hydrogen-bond acceptors (Lipinski definition) is 4. The SMILES string of the molecule is Cc1ccc(S(=O)(=O)N2C(CCc3cnco3)CCC2c2ccc(F)cc2)cc1. The topological polar surface area (TPSA) is 63.4 Å². The lowest BCUT2D eigenvalue weighted by Gasteiger charge is -2.30. The van der Waals surface area contributed by atoms with Crippen molar-refractivity contribution < 1.29 is 17.2 Å². The van der Waals surface area contributed by atoms with E-state index in [0.717, 1.165) is 23.3 Å². The monoisotopic (exact) mass is 414 g/mol. The van der Waals surface area contributed by atoms with Crippen LogP contribution in [-0.2, 0) is 16.4 Å². The molecule has 2 aromatic carbocycles. The number of aromatic nitrogens is 1. The second kappa shape index (κ2) is 8.08. The van der Waals surface area contributed by atoms with Crippen LogP contribution >= 0.6 is 0 Å². The molecule has 1 saturated heterocycles. The summed E-state index contributed by atoms with van der Waals surface area (Å²) in [6.45, 7) is 1.92. The van der Waals surface area contributed by atoms with E-state index in [4.69, 9.17) is 4.42 Å². The van der Waals surface area contributed by atoms with Crippen molar-refractivity contribution in [3.63, 3.8) is 0 Å². The highest BCUT2D eigenvalue weighted by Gasteiger charge is 2.42. The summed E-state index contributed by atoms with van der Waals surface area (Å²) in [5.74, 6) is 0.407. The van der Waals surface area contributed by atoms with Gasteiger partial charge in [0.1, 0.15) is 11.6 Å². The lowest BCUT2D eigenvalue weighted by atomic mass is 10.0. The molecule has 29 heavy (non-hydrogen) atoms. The molecule has 4 rings (SSSR count). The molecule has 7 heteroatoms. The maximum absolute atomic E-state index is 13.6. The number of nitrogens with zero attached hydrogens (tertiary/aromatic N) is 2. The van der Waals surface area contributed by atoms with Crippen molar-refractivity contribution in [2.75, 3.05) is 0 Å². The molecule has 0 amide bonds. The molecule has 5 nitrogen and oxygen atoms in total. The lowest BCUT2D eigenvalue weighted by molar-refractivity contribution is 0.308. The Labute approximate surface area is 170 Å². The zero-order valence-corrected chi connectivity index (χ0v) is 17.0. The van der Waals surface area contributed by atoms with Crippen molar-refractivity contribution >= 4 is 10.0 Å². The average molecular weight is 415 g/mol. The highest BCUT2D eigenvalue weighted by atomic mass is 32.2. The van der Waals surface area contributed by atoms with Crippen LogP contribution in [0.2, 0.25) is 0 Å². The first-order valence-corrected chi connectivity index (χ1v) is 11.1. The minimum absolute atomic E-state index is 0.165. The fourth-order valence-corrected chi connectivity index (χ4v) is 5.89. The molecule has 152 valence electrons. The van der Waals surface area contributed by atoms with E-state index in [0.29, 0.717) is 19.3 Å². The molecule has 2 heterocycles. The molecule has 2 unspecified atom stereocenters. The minimum atomic E-state index is -3.71. The molecule has 1 aliphatic heterocycles. The first kappa shape index (κ1) is 19.8. The summed E-state index contributed by atoms with van der Waals surface area (Å²) in [6, 6.07) is 12.5. The van der Waals surface area contributed by atoms with Gasteiger partial charge in [-0.1, -0.05) is 29.8 Å². The van der Waals surface area contributed by atoms with Crippen LogP contribution < -0.4 is 0 Å². The quantitative estimate of drug-likeness (QED) is 0.589. The predicted octanol–water partition coefficient (Wildman–Crippen LogP) is 4.65. The van der Waals surface area contributed by atoms with E-state index >= 15 is 0 Å². The molecular formula is C22H23FN2O3S. The summed E-state index contributed by atoms with van der Waals surface area (Å²) in [6.07, 6.45) is 5.72. The molecule has 0 N–H and O–H groups in total. The Hall–Kier alpha value is -2.51. The summed E-state index contributed by atoms with van der Waals surface area (Å²) in [5, 5.41) is 0. The van der Waals surface area contributed by atoms with Gasteiger partial charge in [0.25, 0.3) is 0 Å². The van der Waals surface area contributed by atoms with Crippen LogP contribution in [0.4, 0.5) is 4.39 Å². The molecule has 1 fully saturated rings. The number of halogens is 1. The van der Waals surface area contributed by atoms with Gasteiger partial charge in [-0.05, 0) is 56.0 Å². The Morgan fingerprint density at radius 1 is 1.10 bits per heavy atom. The van der Waals surface area contributed by atoms with Crippen molar-refractivity contribution in [3.8, 4) is 0 Å². The van der Waals surface area contributed by atoms with E-state index in [-0.39, 0.29) is 22.8 Å². The first-order valence-electron chi connectivity index (χ1n) is 9.68. The molecule has 3 aromatic rings. The van der Waals surface area contributed by atoms with Gasteiger partial charge in [0.05, 0.1) is 17.1 Å². The van der Waals surface area contributed by atoms with E-state index in [1.54, 1.807) is 46.9 Å². The zero-order chi connectivity index (χ0) is 20.4. The summed E-state index contributed by atoms with van der Waals surface area (Å²) in [7, 11) is -3.71. The Morgan fingerprint density at radius 3 is 2.48 bits per heavy atom. The molecule has 0 bridgehead atoms. The van der Waals surface area contributed by atoms with Gasteiger partial charge in [-0.3, -0.25) is 0 Å². The zero-order valence-electron chi connectivity index (χ0n) is 16.2. The molecule has 2 atom stereocenters. The van der Waals surface area contributed by atoms with Crippen molar-refractivity contribution in [3.05, 3.63) is 83.8 Å². The maximum atomic E-state index is 13.6. The molecule has 1 aromatic heterocycles. The number of sulfonamides is 1. The van der Waals surface area contributed by atoms with Gasteiger partial charge in [-0.2, -0.15) is 4.31 Å². The third kappa shape index (κ3) is 4.11. The van der Waals surface area contributed by atoms with Crippen LogP contribution in [-0.4, -0.2) is 23.7 Å². The number of rotatable bonds is 6. The van der Waals surface area contributed by atoms with E-state index in [1.807, 2.05) is 6.92 Å². The van der Waals surface area contributed by atoms with Gasteiger partial charge in [-0.25, -0.2) is 17.8 Å². The summed E-state index contributed by atoms with van der Waals surface area (Å²) in [5.41, 5.74) is 1.81. The van der Waals surface area contributed by atoms with E-state index in [9.17, 15) is 12.8 Å².